The quantitative estimate of drug-likeness (QED) is 0.887. The molecule has 2 aromatic heterocycles. The summed E-state index contributed by atoms with van der Waals surface area (Å²) >= 11 is 1.44. The van der Waals surface area contributed by atoms with Crippen LogP contribution in [-0.4, -0.2) is 22.0 Å². The van der Waals surface area contributed by atoms with Crippen molar-refractivity contribution in [2.45, 2.75) is 26.7 Å². The van der Waals surface area contributed by atoms with Crippen LogP contribution >= 0.6 is 11.3 Å². The smallest absolute Gasteiger partial charge is 0.337 e. The van der Waals surface area contributed by atoms with Crippen LogP contribution in [-0.2, 0) is 6.42 Å². The Morgan fingerprint density at radius 3 is 2.76 bits per heavy atom. The number of aryl methyl sites for hydroxylation is 2. The van der Waals surface area contributed by atoms with Gasteiger partial charge in [-0.25, -0.2) is 4.79 Å². The molecule has 2 heterocycles. The molecule has 0 spiro atoms. The topological polar surface area (TPSA) is 79.3 Å². The van der Waals surface area contributed by atoms with Gasteiger partial charge in [0, 0.05) is 11.1 Å². The third-order valence-corrected chi connectivity index (χ3v) is 4.10. The summed E-state index contributed by atoms with van der Waals surface area (Å²) in [7, 11) is 0. The average Bonchev–Trinajstić information content (AvgIpc) is 2.81. The molecule has 0 unspecified atom stereocenters. The van der Waals surface area contributed by atoms with Gasteiger partial charge in [-0.3, -0.25) is 9.78 Å². The van der Waals surface area contributed by atoms with Crippen LogP contribution in [0, 0.1) is 6.92 Å². The Labute approximate surface area is 126 Å². The van der Waals surface area contributed by atoms with Gasteiger partial charge in [-0.05, 0) is 31.0 Å². The van der Waals surface area contributed by atoms with Gasteiger partial charge in [-0.2, -0.15) is 0 Å². The molecule has 6 heteroatoms. The number of nitrogens with one attached hydrogen (secondary N) is 1. The van der Waals surface area contributed by atoms with Crippen molar-refractivity contribution in [2.75, 3.05) is 5.32 Å². The van der Waals surface area contributed by atoms with E-state index in [-0.39, 0.29) is 11.5 Å². The van der Waals surface area contributed by atoms with Crippen molar-refractivity contribution < 1.29 is 14.7 Å². The number of nitrogens with zero attached hydrogens (tertiary/aromatic N) is 1. The number of rotatable bonds is 5. The van der Waals surface area contributed by atoms with Crippen LogP contribution in [0.2, 0.25) is 0 Å². The minimum absolute atomic E-state index is 0.0434. The molecule has 0 saturated carbocycles. The zero-order chi connectivity index (χ0) is 15.4. The molecule has 0 atom stereocenters. The summed E-state index contributed by atoms with van der Waals surface area (Å²) in [5.41, 5.74) is 1.61. The lowest BCUT2D eigenvalue weighted by molar-refractivity contribution is 0.0696. The Morgan fingerprint density at radius 2 is 2.10 bits per heavy atom. The highest BCUT2D eigenvalue weighted by molar-refractivity contribution is 7.14. The van der Waals surface area contributed by atoms with E-state index in [1.165, 1.54) is 35.4 Å². The number of pyridine rings is 1. The summed E-state index contributed by atoms with van der Waals surface area (Å²) in [4.78, 5) is 28.6. The van der Waals surface area contributed by atoms with Crippen molar-refractivity contribution in [3.63, 3.8) is 0 Å². The highest BCUT2D eigenvalue weighted by Crippen LogP contribution is 2.23. The van der Waals surface area contributed by atoms with E-state index < -0.39 is 5.97 Å². The normalized spacial score (nSPS) is 10.4. The Bertz CT molecular complexity index is 679. The van der Waals surface area contributed by atoms with Gasteiger partial charge >= 0.3 is 5.97 Å². The number of thiophene rings is 1. The van der Waals surface area contributed by atoms with Crippen LogP contribution in [0.15, 0.2) is 24.5 Å². The maximum atomic E-state index is 12.2. The third kappa shape index (κ3) is 3.66. The van der Waals surface area contributed by atoms with E-state index in [0.717, 1.165) is 17.7 Å². The van der Waals surface area contributed by atoms with Crippen LogP contribution in [0.1, 0.15) is 43.8 Å². The highest BCUT2D eigenvalue weighted by atomic mass is 32.1. The second kappa shape index (κ2) is 6.49. The minimum atomic E-state index is -1.07. The Kier molecular flexibility index (Phi) is 4.70. The molecule has 0 aromatic carbocycles. The van der Waals surface area contributed by atoms with Crippen molar-refractivity contribution in [2.24, 2.45) is 0 Å². The van der Waals surface area contributed by atoms with Gasteiger partial charge in [0.2, 0.25) is 0 Å². The zero-order valence-electron chi connectivity index (χ0n) is 11.8. The number of carboxylic acid groups (broad SMARTS) is 1. The molecule has 1 amide bonds. The molecule has 2 N–H and O–H groups in total. The fraction of sp³-hybridized carbons (Fsp3) is 0.267. The highest BCUT2D eigenvalue weighted by Gasteiger charge is 2.13. The number of carbonyl (C=O) groups is 2. The predicted molar refractivity (Wildman–Crippen MR) is 82.2 cm³/mol. The van der Waals surface area contributed by atoms with Crippen molar-refractivity contribution in [3.8, 4) is 0 Å². The molecule has 21 heavy (non-hydrogen) atoms. The number of aromatic nitrogens is 1. The summed E-state index contributed by atoms with van der Waals surface area (Å²) < 4.78 is 0. The zero-order valence-corrected chi connectivity index (χ0v) is 12.7. The first-order valence-electron chi connectivity index (χ1n) is 6.60. The number of anilines is 1. The van der Waals surface area contributed by atoms with Crippen LogP contribution in [0.25, 0.3) is 0 Å². The molecule has 2 aromatic rings. The minimum Gasteiger partial charge on any atom is -0.478 e. The number of hydrogen-bond donors (Lipinski definition) is 2. The summed E-state index contributed by atoms with van der Waals surface area (Å²) in [6.45, 7) is 4.10. The first kappa shape index (κ1) is 15.2. The van der Waals surface area contributed by atoms with Crippen molar-refractivity contribution >= 4 is 28.9 Å². The standard InChI is InChI=1S/C15H16N2O3S/c1-3-4-10-6-13(21-9(10)2)14(18)17-12-5-11(15(19)20)7-16-8-12/h5-8H,3-4H2,1-2H3,(H,17,18)(H,19,20). The first-order valence-corrected chi connectivity index (χ1v) is 7.42. The van der Waals surface area contributed by atoms with Gasteiger partial charge in [-0.1, -0.05) is 13.3 Å². The van der Waals surface area contributed by atoms with E-state index in [1.807, 2.05) is 13.0 Å². The van der Waals surface area contributed by atoms with Crippen molar-refractivity contribution in [1.82, 2.24) is 4.98 Å². The molecule has 0 fully saturated rings. The van der Waals surface area contributed by atoms with Crippen LogP contribution in [0.3, 0.4) is 0 Å². The fourth-order valence-electron chi connectivity index (χ4n) is 1.97. The lowest BCUT2D eigenvalue weighted by atomic mass is 10.1. The van der Waals surface area contributed by atoms with E-state index in [9.17, 15) is 9.59 Å². The summed E-state index contributed by atoms with van der Waals surface area (Å²) in [6.07, 6.45) is 4.65. The molecule has 0 bridgehead atoms. The molecule has 0 aliphatic rings. The molecule has 0 aliphatic carbocycles. The molecule has 0 saturated heterocycles. The van der Waals surface area contributed by atoms with Crippen molar-refractivity contribution in [1.29, 1.82) is 0 Å². The lowest BCUT2D eigenvalue weighted by Gasteiger charge is -2.03. The fourth-order valence-corrected chi connectivity index (χ4v) is 2.93. The first-order chi connectivity index (χ1) is 10.0. The number of carboxylic acids is 1. The SMILES string of the molecule is CCCc1cc(C(=O)Nc2cncc(C(=O)O)c2)sc1C. The predicted octanol–water partition coefficient (Wildman–Crippen LogP) is 3.35. The molecular formula is C15H16N2O3S. The molecule has 110 valence electrons. The summed E-state index contributed by atoms with van der Waals surface area (Å²) in [6, 6.07) is 3.29. The average molecular weight is 304 g/mol. The molecule has 0 aliphatic heterocycles. The molecular weight excluding hydrogens is 288 g/mol. The van der Waals surface area contributed by atoms with Crippen molar-refractivity contribution in [3.05, 3.63) is 45.4 Å². The van der Waals surface area contributed by atoms with Gasteiger partial charge in [0.05, 0.1) is 22.3 Å². The van der Waals surface area contributed by atoms with Gasteiger partial charge < -0.3 is 10.4 Å². The third-order valence-electron chi connectivity index (χ3n) is 3.01. The van der Waals surface area contributed by atoms with E-state index in [0.29, 0.717) is 10.6 Å². The Morgan fingerprint density at radius 1 is 1.33 bits per heavy atom. The summed E-state index contributed by atoms with van der Waals surface area (Å²) in [5, 5.41) is 11.6. The lowest BCUT2D eigenvalue weighted by Crippen LogP contribution is -2.11. The molecule has 0 radical (unpaired) electrons. The van der Waals surface area contributed by atoms with Gasteiger partial charge in [-0.15, -0.1) is 11.3 Å². The van der Waals surface area contributed by atoms with E-state index in [2.05, 4.69) is 17.2 Å². The van der Waals surface area contributed by atoms with Gasteiger partial charge in [0.1, 0.15) is 0 Å². The largest absolute Gasteiger partial charge is 0.478 e. The Balaban J connectivity index is 2.16. The monoisotopic (exact) mass is 304 g/mol. The maximum Gasteiger partial charge on any atom is 0.337 e. The second-order valence-corrected chi connectivity index (χ2v) is 5.92. The van der Waals surface area contributed by atoms with E-state index >= 15 is 0 Å². The number of carbonyl (C=O) groups excluding carboxylic acids is 1. The molecule has 2 rings (SSSR count). The number of aromatic carboxylic acids is 1. The van der Waals surface area contributed by atoms with Crippen LogP contribution < -0.4 is 5.32 Å². The number of hydrogen-bond acceptors (Lipinski definition) is 4. The summed E-state index contributed by atoms with van der Waals surface area (Å²) in [5.74, 6) is -1.31. The van der Waals surface area contributed by atoms with Gasteiger partial charge in [0.15, 0.2) is 0 Å². The maximum absolute atomic E-state index is 12.2. The second-order valence-electron chi connectivity index (χ2n) is 4.66. The van der Waals surface area contributed by atoms with Crippen LogP contribution in [0.5, 0.6) is 0 Å². The van der Waals surface area contributed by atoms with E-state index in [4.69, 9.17) is 5.11 Å². The van der Waals surface area contributed by atoms with Gasteiger partial charge in [0.25, 0.3) is 5.91 Å². The molecule has 5 nitrogen and oxygen atoms in total. The van der Waals surface area contributed by atoms with Crippen LogP contribution in [0.4, 0.5) is 5.69 Å². The number of amides is 1. The Hall–Kier alpha value is -2.21. The van der Waals surface area contributed by atoms with E-state index in [1.54, 1.807) is 0 Å².